The summed E-state index contributed by atoms with van der Waals surface area (Å²) in [5.41, 5.74) is 0.608. The smallest absolute Gasteiger partial charge is 0.262 e. The number of fused-ring (bicyclic) bond motifs is 1. The lowest BCUT2D eigenvalue weighted by molar-refractivity contribution is 0.276. The van der Waals surface area contributed by atoms with E-state index in [2.05, 4.69) is 4.98 Å². The average Bonchev–Trinajstić information content (AvgIpc) is 2.72. The zero-order valence-corrected chi connectivity index (χ0v) is 16.7. The normalized spacial score (nSPS) is 10.9. The fourth-order valence-electron chi connectivity index (χ4n) is 2.78. The summed E-state index contributed by atoms with van der Waals surface area (Å²) < 4.78 is 12.8. The Labute approximate surface area is 168 Å². The number of benzene rings is 2. The Kier molecular flexibility index (Phi) is 7.33. The van der Waals surface area contributed by atoms with E-state index in [9.17, 15) is 4.79 Å². The number of hydrogen-bond acceptors (Lipinski definition) is 6. The summed E-state index contributed by atoms with van der Waals surface area (Å²) in [5, 5.41) is 10.4. The SMILES string of the molecule is CCOc1ccc(OCCSc2nc3ccccc3c(=O)n2CCCO)cc1. The maximum absolute atomic E-state index is 12.8. The van der Waals surface area contributed by atoms with Crippen LogP contribution in [-0.4, -0.2) is 40.2 Å². The van der Waals surface area contributed by atoms with Crippen LogP contribution in [0.5, 0.6) is 11.5 Å². The van der Waals surface area contributed by atoms with E-state index in [1.54, 1.807) is 10.6 Å². The number of aromatic nitrogens is 2. The third kappa shape index (κ3) is 5.05. The van der Waals surface area contributed by atoms with Gasteiger partial charge in [-0.05, 0) is 49.7 Å². The van der Waals surface area contributed by atoms with Gasteiger partial charge in [-0.1, -0.05) is 23.9 Å². The minimum Gasteiger partial charge on any atom is -0.494 e. The van der Waals surface area contributed by atoms with Crippen LogP contribution >= 0.6 is 11.8 Å². The molecule has 0 aliphatic rings. The van der Waals surface area contributed by atoms with Gasteiger partial charge in [-0.2, -0.15) is 0 Å². The Hall–Kier alpha value is -2.51. The summed E-state index contributed by atoms with van der Waals surface area (Å²) in [6.45, 7) is 3.54. The second-order valence-corrected chi connectivity index (χ2v) is 7.11. The van der Waals surface area contributed by atoms with Gasteiger partial charge in [0.15, 0.2) is 5.16 Å². The number of aliphatic hydroxyl groups is 1. The molecular weight excluding hydrogens is 376 g/mol. The third-order valence-electron chi connectivity index (χ3n) is 4.08. The van der Waals surface area contributed by atoms with Crippen molar-refractivity contribution < 1.29 is 14.6 Å². The molecule has 0 aliphatic heterocycles. The fraction of sp³-hybridized carbons (Fsp3) is 0.333. The van der Waals surface area contributed by atoms with Gasteiger partial charge in [0.05, 0.1) is 24.1 Å². The molecule has 0 amide bonds. The number of rotatable bonds is 10. The first kappa shape index (κ1) is 20.2. The van der Waals surface area contributed by atoms with E-state index in [1.807, 2.05) is 49.4 Å². The first-order valence-electron chi connectivity index (χ1n) is 9.32. The van der Waals surface area contributed by atoms with E-state index >= 15 is 0 Å². The van der Waals surface area contributed by atoms with Gasteiger partial charge in [-0.15, -0.1) is 0 Å². The first-order chi connectivity index (χ1) is 13.7. The molecule has 3 aromatic rings. The molecule has 3 rings (SSSR count). The van der Waals surface area contributed by atoms with Crippen molar-refractivity contribution in [1.82, 2.24) is 9.55 Å². The Balaban J connectivity index is 1.66. The molecule has 6 nitrogen and oxygen atoms in total. The molecule has 148 valence electrons. The molecule has 0 atom stereocenters. The molecule has 0 saturated heterocycles. The van der Waals surface area contributed by atoms with E-state index in [1.165, 1.54) is 11.8 Å². The summed E-state index contributed by atoms with van der Waals surface area (Å²) in [5.74, 6) is 2.24. The number of ether oxygens (including phenoxy) is 2. The quantitative estimate of drug-likeness (QED) is 0.320. The van der Waals surface area contributed by atoms with Crippen LogP contribution in [-0.2, 0) is 6.54 Å². The van der Waals surface area contributed by atoms with Gasteiger partial charge in [-0.25, -0.2) is 4.98 Å². The van der Waals surface area contributed by atoms with Gasteiger partial charge in [0, 0.05) is 18.9 Å². The largest absolute Gasteiger partial charge is 0.494 e. The van der Waals surface area contributed by atoms with Crippen molar-refractivity contribution in [1.29, 1.82) is 0 Å². The van der Waals surface area contributed by atoms with E-state index < -0.39 is 0 Å². The molecule has 1 N–H and O–H groups in total. The predicted octanol–water partition coefficient (Wildman–Crippen LogP) is 3.35. The lowest BCUT2D eigenvalue weighted by Crippen LogP contribution is -2.24. The highest BCUT2D eigenvalue weighted by Gasteiger charge is 2.11. The zero-order valence-electron chi connectivity index (χ0n) is 15.8. The molecule has 1 aromatic heterocycles. The van der Waals surface area contributed by atoms with Crippen molar-refractivity contribution >= 4 is 22.7 Å². The van der Waals surface area contributed by atoms with E-state index in [0.29, 0.717) is 48.0 Å². The molecule has 0 spiro atoms. The minimum absolute atomic E-state index is 0.0320. The topological polar surface area (TPSA) is 73.6 Å². The highest BCUT2D eigenvalue weighted by atomic mass is 32.2. The lowest BCUT2D eigenvalue weighted by Gasteiger charge is -2.13. The maximum atomic E-state index is 12.8. The number of para-hydroxylation sites is 1. The number of hydrogen-bond donors (Lipinski definition) is 1. The molecule has 0 aliphatic carbocycles. The lowest BCUT2D eigenvalue weighted by atomic mass is 10.2. The molecule has 0 radical (unpaired) electrons. The highest BCUT2D eigenvalue weighted by Crippen LogP contribution is 2.20. The highest BCUT2D eigenvalue weighted by molar-refractivity contribution is 7.99. The van der Waals surface area contributed by atoms with Gasteiger partial charge in [-0.3, -0.25) is 9.36 Å². The van der Waals surface area contributed by atoms with Crippen molar-refractivity contribution in [3.05, 3.63) is 58.9 Å². The summed E-state index contributed by atoms with van der Waals surface area (Å²) in [7, 11) is 0. The van der Waals surface area contributed by atoms with Crippen LogP contribution in [0.4, 0.5) is 0 Å². The van der Waals surface area contributed by atoms with Gasteiger partial charge >= 0.3 is 0 Å². The van der Waals surface area contributed by atoms with E-state index in [-0.39, 0.29) is 12.2 Å². The maximum Gasteiger partial charge on any atom is 0.262 e. The van der Waals surface area contributed by atoms with E-state index in [0.717, 1.165) is 11.5 Å². The standard InChI is InChI=1S/C21H24N2O4S/c1-2-26-16-8-10-17(11-9-16)27-14-15-28-21-22-19-7-4-3-6-18(19)20(25)23(21)12-5-13-24/h3-4,6-11,24H,2,5,12-15H2,1H3. The fourth-order valence-corrected chi connectivity index (χ4v) is 3.62. The Morgan fingerprint density at radius 3 is 2.50 bits per heavy atom. The van der Waals surface area contributed by atoms with Gasteiger partial charge in [0.2, 0.25) is 0 Å². The first-order valence-corrected chi connectivity index (χ1v) is 10.3. The molecular formula is C21H24N2O4S. The van der Waals surface area contributed by atoms with Crippen molar-refractivity contribution in [2.75, 3.05) is 25.6 Å². The predicted molar refractivity (Wildman–Crippen MR) is 112 cm³/mol. The molecule has 28 heavy (non-hydrogen) atoms. The van der Waals surface area contributed by atoms with Crippen LogP contribution in [0.1, 0.15) is 13.3 Å². The van der Waals surface area contributed by atoms with E-state index in [4.69, 9.17) is 14.6 Å². The molecule has 0 unspecified atom stereocenters. The zero-order chi connectivity index (χ0) is 19.8. The van der Waals surface area contributed by atoms with Gasteiger partial charge in [0.25, 0.3) is 5.56 Å². The Morgan fingerprint density at radius 2 is 1.79 bits per heavy atom. The van der Waals surface area contributed by atoms with Crippen LogP contribution in [0.25, 0.3) is 10.9 Å². The van der Waals surface area contributed by atoms with Crippen LogP contribution in [0, 0.1) is 0 Å². The van der Waals surface area contributed by atoms with Crippen molar-refractivity contribution in [3.63, 3.8) is 0 Å². The van der Waals surface area contributed by atoms with Crippen LogP contribution < -0.4 is 15.0 Å². The minimum atomic E-state index is -0.0750. The Bertz CT molecular complexity index is 957. The summed E-state index contributed by atoms with van der Waals surface area (Å²) >= 11 is 1.48. The van der Waals surface area contributed by atoms with Gasteiger partial charge in [0.1, 0.15) is 11.5 Å². The second-order valence-electron chi connectivity index (χ2n) is 6.05. The third-order valence-corrected chi connectivity index (χ3v) is 5.03. The van der Waals surface area contributed by atoms with Crippen LogP contribution in [0.15, 0.2) is 58.5 Å². The molecule has 2 aromatic carbocycles. The summed E-state index contributed by atoms with van der Waals surface area (Å²) in [6.07, 6.45) is 0.510. The second kappa shape index (κ2) is 10.1. The van der Waals surface area contributed by atoms with Crippen LogP contribution in [0.2, 0.25) is 0 Å². The summed E-state index contributed by atoms with van der Waals surface area (Å²) in [4.78, 5) is 17.4. The van der Waals surface area contributed by atoms with Crippen molar-refractivity contribution in [3.8, 4) is 11.5 Å². The molecule has 0 bridgehead atoms. The molecule has 1 heterocycles. The van der Waals surface area contributed by atoms with Crippen LogP contribution in [0.3, 0.4) is 0 Å². The molecule has 0 saturated carbocycles. The summed E-state index contributed by atoms with van der Waals surface area (Å²) in [6, 6.07) is 14.8. The number of nitrogens with zero attached hydrogens (tertiary/aromatic N) is 2. The van der Waals surface area contributed by atoms with Gasteiger partial charge < -0.3 is 14.6 Å². The average molecular weight is 401 g/mol. The van der Waals surface area contributed by atoms with Crippen molar-refractivity contribution in [2.45, 2.75) is 25.0 Å². The number of thioether (sulfide) groups is 1. The van der Waals surface area contributed by atoms with Crippen molar-refractivity contribution in [2.24, 2.45) is 0 Å². The molecule has 7 heteroatoms. The molecule has 0 fully saturated rings. The Morgan fingerprint density at radius 1 is 1.07 bits per heavy atom. The monoisotopic (exact) mass is 400 g/mol. The number of aliphatic hydroxyl groups excluding tert-OH is 1.